The smallest absolute Gasteiger partial charge is 0.456 e. The monoisotopic (exact) mass is 438 g/mol. The number of nitrogens with one attached hydrogen (secondary N) is 3. The van der Waals surface area contributed by atoms with Crippen LogP contribution in [-0.4, -0.2) is 55.3 Å². The quantitative estimate of drug-likeness (QED) is 0.533. The highest BCUT2D eigenvalue weighted by atomic mass is 32.2. The Kier molecular flexibility index (Phi) is 6.15. The maximum atomic E-state index is 12.5. The van der Waals surface area contributed by atoms with E-state index in [1.807, 2.05) is 5.32 Å². The molecule has 2 heterocycles. The van der Waals surface area contributed by atoms with E-state index in [1.165, 1.54) is 25.0 Å². The van der Waals surface area contributed by atoms with Gasteiger partial charge >= 0.3 is 22.4 Å². The lowest BCUT2D eigenvalue weighted by molar-refractivity contribution is -0.0889. The van der Waals surface area contributed by atoms with Crippen LogP contribution in [0.1, 0.15) is 10.5 Å². The number of nitrogens with zero attached hydrogens (tertiary/aromatic N) is 3. The maximum absolute atomic E-state index is 12.5. The molecule has 12 nitrogen and oxygen atoms in total. The van der Waals surface area contributed by atoms with Crippen molar-refractivity contribution in [3.63, 3.8) is 0 Å². The third-order valence-electron chi connectivity index (χ3n) is 3.01. The summed E-state index contributed by atoms with van der Waals surface area (Å²) < 4.78 is 73.1. The molecule has 0 fully saturated rings. The Morgan fingerprint density at radius 2 is 1.72 bits per heavy atom. The van der Waals surface area contributed by atoms with Crippen molar-refractivity contribution in [2.45, 2.75) is 6.18 Å². The van der Waals surface area contributed by atoms with Gasteiger partial charge in [-0.05, 0) is 12.1 Å². The number of carbonyl (C=O) groups excluding carboxylic acids is 2. The van der Waals surface area contributed by atoms with Gasteiger partial charge in [0.15, 0.2) is 0 Å². The summed E-state index contributed by atoms with van der Waals surface area (Å²) in [5.74, 6) is -2.68. The molecule has 0 aliphatic carbocycles. The van der Waals surface area contributed by atoms with Gasteiger partial charge < -0.3 is 9.47 Å². The van der Waals surface area contributed by atoms with Crippen LogP contribution in [0.2, 0.25) is 0 Å². The lowest BCUT2D eigenvalue weighted by atomic mass is 10.3. The SMILES string of the molecule is COc1cc(OC)nc(NC(=O)NS(=O)(=O)Nn2cccc2C(=O)C(F)(F)F)n1. The number of halogens is 3. The molecular formula is C13H13F3N6O6S. The average Bonchev–Trinajstić information content (AvgIpc) is 3.05. The van der Waals surface area contributed by atoms with E-state index in [0.29, 0.717) is 0 Å². The van der Waals surface area contributed by atoms with Crippen LogP contribution in [0, 0.1) is 0 Å². The first kappa shape index (κ1) is 21.7. The number of amides is 2. The topological polar surface area (TPSA) is 154 Å². The number of hydrogen-bond acceptors (Lipinski definition) is 8. The molecule has 0 aromatic carbocycles. The van der Waals surface area contributed by atoms with Gasteiger partial charge in [0, 0.05) is 6.20 Å². The molecule has 0 unspecified atom stereocenters. The number of rotatable bonds is 7. The zero-order valence-electron chi connectivity index (χ0n) is 14.6. The molecule has 0 spiro atoms. The molecule has 29 heavy (non-hydrogen) atoms. The Morgan fingerprint density at radius 3 is 2.24 bits per heavy atom. The van der Waals surface area contributed by atoms with E-state index in [9.17, 15) is 31.2 Å². The van der Waals surface area contributed by atoms with E-state index >= 15 is 0 Å². The second-order valence-corrected chi connectivity index (χ2v) is 6.41. The highest BCUT2D eigenvalue weighted by Gasteiger charge is 2.41. The van der Waals surface area contributed by atoms with Crippen LogP contribution >= 0.6 is 0 Å². The Balaban J connectivity index is 2.12. The van der Waals surface area contributed by atoms with Crippen LogP contribution in [0.5, 0.6) is 11.8 Å². The summed E-state index contributed by atoms with van der Waals surface area (Å²) in [5.41, 5.74) is -1.01. The first-order valence-corrected chi connectivity index (χ1v) is 8.81. The van der Waals surface area contributed by atoms with Crippen LogP contribution in [-0.2, 0) is 10.2 Å². The number of carbonyl (C=O) groups is 2. The van der Waals surface area contributed by atoms with Crippen molar-refractivity contribution in [3.8, 4) is 11.8 Å². The number of Topliss-reactive ketones (excluding diaryl/α,β-unsaturated/α-hetero) is 1. The summed E-state index contributed by atoms with van der Waals surface area (Å²) >= 11 is 0. The number of hydrogen-bond donors (Lipinski definition) is 3. The Bertz CT molecular complexity index is 1000. The highest BCUT2D eigenvalue weighted by molar-refractivity contribution is 7.90. The zero-order chi connectivity index (χ0) is 21.8. The third-order valence-corrected chi connectivity index (χ3v) is 3.90. The number of alkyl halides is 3. The van der Waals surface area contributed by atoms with Crippen molar-refractivity contribution in [1.82, 2.24) is 19.4 Å². The second-order valence-electron chi connectivity index (χ2n) is 5.02. The van der Waals surface area contributed by atoms with Gasteiger partial charge in [0.05, 0.1) is 20.3 Å². The molecule has 2 aromatic heterocycles. The molecule has 0 atom stereocenters. The van der Waals surface area contributed by atoms with Crippen molar-refractivity contribution >= 4 is 28.0 Å². The fraction of sp³-hybridized carbons (Fsp3) is 0.231. The molecule has 0 radical (unpaired) electrons. The summed E-state index contributed by atoms with van der Waals surface area (Å²) in [6, 6.07) is 1.67. The first-order chi connectivity index (χ1) is 13.4. The van der Waals surface area contributed by atoms with E-state index in [1.54, 1.807) is 4.83 Å². The number of methoxy groups -OCH3 is 2. The number of urea groups is 1. The number of ether oxygens (including phenoxy) is 2. The lowest BCUT2D eigenvalue weighted by Gasteiger charge is -2.14. The molecule has 0 saturated heterocycles. The minimum absolute atomic E-state index is 0.00391. The van der Waals surface area contributed by atoms with Gasteiger partial charge in [-0.1, -0.05) is 0 Å². The van der Waals surface area contributed by atoms with Crippen LogP contribution in [0.15, 0.2) is 24.4 Å². The van der Waals surface area contributed by atoms with Crippen molar-refractivity contribution in [1.29, 1.82) is 0 Å². The summed E-state index contributed by atoms with van der Waals surface area (Å²) in [6.07, 6.45) is -4.39. The molecule has 3 N–H and O–H groups in total. The van der Waals surface area contributed by atoms with Gasteiger partial charge in [0.1, 0.15) is 5.69 Å². The minimum atomic E-state index is -5.23. The fourth-order valence-corrected chi connectivity index (χ4v) is 2.62. The summed E-state index contributed by atoms with van der Waals surface area (Å²) in [7, 11) is -2.19. The molecule has 0 bridgehead atoms. The molecule has 0 saturated carbocycles. The third kappa shape index (κ3) is 5.71. The second kappa shape index (κ2) is 8.21. The van der Waals surface area contributed by atoms with Gasteiger partial charge in [0.2, 0.25) is 17.7 Å². The van der Waals surface area contributed by atoms with Crippen LogP contribution in [0.25, 0.3) is 0 Å². The first-order valence-electron chi connectivity index (χ1n) is 7.32. The van der Waals surface area contributed by atoms with E-state index in [2.05, 4.69) is 9.97 Å². The van der Waals surface area contributed by atoms with Crippen LogP contribution in [0.4, 0.5) is 23.9 Å². The molecular weight excluding hydrogens is 425 g/mol. The summed E-state index contributed by atoms with van der Waals surface area (Å²) in [4.78, 5) is 32.2. The predicted octanol–water partition coefficient (Wildman–Crippen LogP) is 0.650. The summed E-state index contributed by atoms with van der Waals surface area (Å²) in [5, 5.41) is 1.98. The van der Waals surface area contributed by atoms with Gasteiger partial charge in [-0.2, -0.15) is 31.6 Å². The Morgan fingerprint density at radius 1 is 1.14 bits per heavy atom. The van der Waals surface area contributed by atoms with Crippen molar-refractivity contribution in [2.24, 2.45) is 0 Å². The van der Waals surface area contributed by atoms with E-state index < -0.39 is 33.9 Å². The number of anilines is 1. The van der Waals surface area contributed by atoms with Crippen molar-refractivity contribution in [3.05, 3.63) is 30.1 Å². The van der Waals surface area contributed by atoms with Gasteiger partial charge in [-0.25, -0.2) is 19.0 Å². The lowest BCUT2D eigenvalue weighted by Crippen LogP contribution is -2.42. The normalized spacial score (nSPS) is 11.5. The van der Waals surface area contributed by atoms with Crippen molar-refractivity contribution in [2.75, 3.05) is 24.4 Å². The maximum Gasteiger partial charge on any atom is 0.456 e. The zero-order valence-corrected chi connectivity index (χ0v) is 15.5. The van der Waals surface area contributed by atoms with Crippen LogP contribution < -0.4 is 24.3 Å². The minimum Gasteiger partial charge on any atom is -0.481 e. The van der Waals surface area contributed by atoms with Gasteiger partial charge in [-0.3, -0.25) is 10.1 Å². The molecule has 0 aliphatic rings. The standard InChI is InChI=1S/C13H13F3N6O6S/c1-27-8-6-9(28-2)18-11(17-8)19-12(24)20-29(25,26)21-22-5-3-4-7(22)10(23)13(14,15)16/h3-6,21H,1-2H3,(H2,17,18,19,20,24). The molecule has 16 heteroatoms. The molecule has 0 aliphatic heterocycles. The van der Waals surface area contributed by atoms with E-state index in [4.69, 9.17) is 9.47 Å². The molecule has 2 amide bonds. The molecule has 2 aromatic rings. The predicted molar refractivity (Wildman–Crippen MR) is 90.4 cm³/mol. The van der Waals surface area contributed by atoms with Crippen molar-refractivity contribution < 1.29 is 40.7 Å². The largest absolute Gasteiger partial charge is 0.481 e. The summed E-state index contributed by atoms with van der Waals surface area (Å²) in [6.45, 7) is 0. The van der Waals surface area contributed by atoms with Crippen LogP contribution in [0.3, 0.4) is 0 Å². The van der Waals surface area contributed by atoms with E-state index in [0.717, 1.165) is 18.3 Å². The molecule has 2 rings (SSSR count). The fourth-order valence-electron chi connectivity index (χ4n) is 1.86. The highest BCUT2D eigenvalue weighted by Crippen LogP contribution is 2.21. The van der Waals surface area contributed by atoms with Gasteiger partial charge in [-0.15, -0.1) is 0 Å². The Hall–Kier alpha value is -3.56. The average molecular weight is 438 g/mol. The number of ketones is 1. The Labute approximate surface area is 161 Å². The molecule has 158 valence electrons. The van der Waals surface area contributed by atoms with E-state index in [-0.39, 0.29) is 22.4 Å². The number of aromatic nitrogens is 3. The van der Waals surface area contributed by atoms with Gasteiger partial charge in [0.25, 0.3) is 5.78 Å².